The molecule has 0 saturated heterocycles. The van der Waals surface area contributed by atoms with Gasteiger partial charge in [0.05, 0.1) is 23.7 Å². The molecule has 6 rings (SSSR count). The Balaban J connectivity index is 1.66. The van der Waals surface area contributed by atoms with Gasteiger partial charge in [0.2, 0.25) is 10.0 Å². The molecule has 0 saturated carbocycles. The average molecular weight is 567 g/mol. The highest BCUT2D eigenvalue weighted by molar-refractivity contribution is 8.16. The van der Waals surface area contributed by atoms with E-state index in [0.29, 0.717) is 5.02 Å². The zero-order valence-electron chi connectivity index (χ0n) is 22.3. The molecule has 2 aliphatic rings. The van der Waals surface area contributed by atoms with E-state index >= 15 is 0 Å². The number of carbonyl (C=O) groups is 1. The molecule has 0 radical (unpaired) electrons. The predicted octanol–water partition coefficient (Wildman–Crippen LogP) is 7.47. The van der Waals surface area contributed by atoms with Gasteiger partial charge in [0.1, 0.15) is 0 Å². The van der Waals surface area contributed by atoms with Gasteiger partial charge in [-0.05, 0) is 80.6 Å². The van der Waals surface area contributed by atoms with E-state index in [2.05, 4.69) is 44.2 Å². The molecule has 4 aromatic carbocycles. The number of benzene rings is 4. The van der Waals surface area contributed by atoms with Crippen molar-refractivity contribution in [2.75, 3.05) is 16.6 Å². The predicted molar refractivity (Wildman–Crippen MR) is 164 cm³/mol. The number of carbonyl (C=O) groups excluding carboxylic acids is 1. The maximum atomic E-state index is 13.1. The summed E-state index contributed by atoms with van der Waals surface area (Å²) in [5.74, 6) is -0.474. The third-order valence-corrected chi connectivity index (χ3v) is 8.45. The number of esters is 1. The van der Waals surface area contributed by atoms with Crippen molar-refractivity contribution in [1.29, 1.82) is 0 Å². The van der Waals surface area contributed by atoms with Crippen LogP contribution in [0.5, 0.6) is 0 Å². The quantitative estimate of drug-likeness (QED) is 0.235. The lowest BCUT2D eigenvalue weighted by Gasteiger charge is -2.47. The molecule has 0 unspecified atom stereocenters. The second-order valence-electron chi connectivity index (χ2n) is 9.58. The molecule has 6 nitrogen and oxygen atoms in total. The van der Waals surface area contributed by atoms with Crippen LogP contribution in [0, 0.1) is 13.8 Å². The third-order valence-electron chi connectivity index (χ3n) is 6.91. The van der Waals surface area contributed by atoms with Gasteiger partial charge >= 0.3 is 5.97 Å². The second kappa shape index (κ2) is 10.5. The lowest BCUT2D eigenvalue weighted by Crippen LogP contribution is -2.54. The van der Waals surface area contributed by atoms with Gasteiger partial charge in [-0.15, -0.1) is 0 Å². The van der Waals surface area contributed by atoms with E-state index < -0.39 is 11.0 Å². The molecule has 0 aromatic heterocycles. The number of hydrogen-bond acceptors (Lipinski definition) is 7. The minimum Gasteiger partial charge on any atom is -0.461 e. The molecule has 2 heterocycles. The average Bonchev–Trinajstić information content (AvgIpc) is 3.37. The Bertz CT molecular complexity index is 1660. The molecule has 1 spiro atoms. The largest absolute Gasteiger partial charge is 0.461 e. The lowest BCUT2D eigenvalue weighted by molar-refractivity contribution is -0.134. The molecule has 0 fully saturated rings. The first kappa shape index (κ1) is 26.2. The molecule has 40 heavy (non-hydrogen) atoms. The SMILES string of the molecule is CCOC(=O)C1=NN(c2ccc(Cl)cc2)[C@@]2(S1)c1ccccc1C(c1cc(C)ccc1C)=NN2c1ccccc1. The number of fused-ring (bicyclic) bond motifs is 2. The highest BCUT2D eigenvalue weighted by Gasteiger charge is 2.56. The number of anilines is 2. The smallest absolute Gasteiger partial charge is 0.365 e. The summed E-state index contributed by atoms with van der Waals surface area (Å²) in [7, 11) is 0. The van der Waals surface area contributed by atoms with Gasteiger partial charge in [-0.25, -0.2) is 14.8 Å². The van der Waals surface area contributed by atoms with Gasteiger partial charge in [0.25, 0.3) is 0 Å². The Labute approximate surface area is 242 Å². The van der Waals surface area contributed by atoms with Crippen LogP contribution in [-0.2, 0) is 14.5 Å². The summed E-state index contributed by atoms with van der Waals surface area (Å²) in [5, 5.41) is 14.9. The minimum atomic E-state index is -1.06. The lowest BCUT2D eigenvalue weighted by atomic mass is 9.90. The Kier molecular flexibility index (Phi) is 6.86. The van der Waals surface area contributed by atoms with Crippen LogP contribution >= 0.6 is 23.4 Å². The number of halogens is 1. The minimum absolute atomic E-state index is 0.248. The standard InChI is InChI=1S/C32H27ClN4O2S/c1-4-39-31(38)30-35-37(25-18-16-23(33)17-19-25)32(40-30)28-13-9-8-12-26(28)29(27-20-21(2)14-15-22(27)3)34-36(32)24-10-6-5-7-11-24/h5-20H,4H2,1-3H3/t32-/m1/s1. The van der Waals surface area contributed by atoms with Gasteiger partial charge < -0.3 is 4.74 Å². The Morgan fingerprint density at radius 2 is 1.52 bits per heavy atom. The molecule has 0 N–H and O–H groups in total. The van der Waals surface area contributed by atoms with Gasteiger partial charge in [0.15, 0.2) is 0 Å². The van der Waals surface area contributed by atoms with Crippen LogP contribution in [0.2, 0.25) is 5.02 Å². The van der Waals surface area contributed by atoms with Crippen LogP contribution < -0.4 is 10.0 Å². The van der Waals surface area contributed by atoms with E-state index in [0.717, 1.165) is 44.9 Å². The number of aryl methyl sites for hydroxylation is 2. The monoisotopic (exact) mass is 566 g/mol. The summed E-state index contributed by atoms with van der Waals surface area (Å²) in [5.41, 5.74) is 7.72. The van der Waals surface area contributed by atoms with Crippen molar-refractivity contribution in [3.63, 3.8) is 0 Å². The van der Waals surface area contributed by atoms with Crippen molar-refractivity contribution in [3.05, 3.63) is 130 Å². The summed E-state index contributed by atoms with van der Waals surface area (Å²) in [6, 6.07) is 32.0. The van der Waals surface area contributed by atoms with Crippen molar-refractivity contribution in [1.82, 2.24) is 0 Å². The van der Waals surface area contributed by atoms with E-state index in [1.165, 1.54) is 11.8 Å². The second-order valence-corrected chi connectivity index (χ2v) is 11.2. The third kappa shape index (κ3) is 4.35. The van der Waals surface area contributed by atoms with Crippen LogP contribution in [0.15, 0.2) is 107 Å². The number of nitrogens with zero attached hydrogens (tertiary/aromatic N) is 4. The number of ether oxygens (including phenoxy) is 1. The van der Waals surface area contributed by atoms with Crippen molar-refractivity contribution in [2.45, 2.75) is 25.8 Å². The molecular weight excluding hydrogens is 540 g/mol. The van der Waals surface area contributed by atoms with Gasteiger partial charge in [-0.1, -0.05) is 71.8 Å². The fourth-order valence-corrected chi connectivity index (χ4v) is 6.46. The van der Waals surface area contributed by atoms with Gasteiger partial charge in [-0.3, -0.25) is 0 Å². The maximum Gasteiger partial charge on any atom is 0.365 e. The Hall–Kier alpha value is -4.07. The number of thioether (sulfide) groups is 1. The zero-order valence-corrected chi connectivity index (χ0v) is 23.9. The molecular formula is C32H27ClN4O2S. The van der Waals surface area contributed by atoms with Crippen molar-refractivity contribution < 1.29 is 9.53 Å². The van der Waals surface area contributed by atoms with Crippen LogP contribution in [0.25, 0.3) is 0 Å². The Morgan fingerprint density at radius 3 is 2.27 bits per heavy atom. The van der Waals surface area contributed by atoms with Crippen LogP contribution in [0.3, 0.4) is 0 Å². The zero-order chi connectivity index (χ0) is 27.9. The topological polar surface area (TPSA) is 57.5 Å². The molecule has 0 bridgehead atoms. The van der Waals surface area contributed by atoms with Crippen LogP contribution in [-0.4, -0.2) is 23.3 Å². The first-order chi connectivity index (χ1) is 19.4. The van der Waals surface area contributed by atoms with Crippen molar-refractivity contribution in [2.24, 2.45) is 10.2 Å². The summed E-state index contributed by atoms with van der Waals surface area (Å²) in [6.07, 6.45) is 0. The molecule has 0 aliphatic carbocycles. The van der Waals surface area contributed by atoms with Crippen LogP contribution in [0.1, 0.15) is 34.7 Å². The van der Waals surface area contributed by atoms with Crippen molar-refractivity contribution >= 4 is 51.5 Å². The number of para-hydroxylation sites is 1. The normalized spacial score (nSPS) is 17.9. The first-order valence-electron chi connectivity index (χ1n) is 13.0. The molecule has 8 heteroatoms. The van der Waals surface area contributed by atoms with Gasteiger partial charge in [0, 0.05) is 21.7 Å². The molecule has 1 atom stereocenters. The van der Waals surface area contributed by atoms with Gasteiger partial charge in [-0.2, -0.15) is 10.2 Å². The van der Waals surface area contributed by atoms with E-state index in [1.807, 2.05) is 76.7 Å². The number of rotatable bonds is 5. The van der Waals surface area contributed by atoms with Crippen molar-refractivity contribution in [3.8, 4) is 0 Å². The van der Waals surface area contributed by atoms with Crippen LogP contribution in [0.4, 0.5) is 11.4 Å². The highest BCUT2D eigenvalue weighted by atomic mass is 35.5. The summed E-state index contributed by atoms with van der Waals surface area (Å²) < 4.78 is 5.42. The fraction of sp³-hybridized carbons (Fsp3) is 0.156. The van der Waals surface area contributed by atoms with E-state index in [9.17, 15) is 4.79 Å². The summed E-state index contributed by atoms with van der Waals surface area (Å²) in [4.78, 5) is 12.1. The Morgan fingerprint density at radius 1 is 0.850 bits per heavy atom. The number of hydrogen-bond donors (Lipinski definition) is 0. The highest BCUT2D eigenvalue weighted by Crippen LogP contribution is 2.55. The maximum absolute atomic E-state index is 13.1. The van der Waals surface area contributed by atoms with E-state index in [1.54, 1.807) is 6.92 Å². The summed E-state index contributed by atoms with van der Waals surface area (Å²) in [6.45, 7) is 6.23. The van der Waals surface area contributed by atoms with E-state index in [4.69, 9.17) is 26.5 Å². The number of hydrazone groups is 2. The first-order valence-corrected chi connectivity index (χ1v) is 14.2. The fourth-order valence-electron chi connectivity index (χ4n) is 5.05. The molecule has 0 amide bonds. The molecule has 2 aliphatic heterocycles. The molecule has 200 valence electrons. The summed E-state index contributed by atoms with van der Waals surface area (Å²) >= 11 is 7.60. The molecule has 4 aromatic rings. The van der Waals surface area contributed by atoms with E-state index in [-0.39, 0.29) is 11.7 Å².